The van der Waals surface area contributed by atoms with Gasteiger partial charge in [0.25, 0.3) is 0 Å². The van der Waals surface area contributed by atoms with Crippen molar-refractivity contribution in [3.63, 3.8) is 0 Å². The minimum atomic E-state index is -3.42. The van der Waals surface area contributed by atoms with E-state index < -0.39 is 10.0 Å². The lowest BCUT2D eigenvalue weighted by atomic mass is 10.1. The average Bonchev–Trinajstić information content (AvgIpc) is 2.36. The SMILES string of the molecule is CCC(N)c1cccc(S(=O)(=O)N(C)C(C)C)c1. The van der Waals surface area contributed by atoms with E-state index in [1.54, 1.807) is 25.2 Å². The zero-order valence-corrected chi connectivity index (χ0v) is 12.2. The Morgan fingerprint density at radius 1 is 1.33 bits per heavy atom. The van der Waals surface area contributed by atoms with Crippen LogP contribution in [0.4, 0.5) is 0 Å². The smallest absolute Gasteiger partial charge is 0.243 e. The number of benzene rings is 1. The van der Waals surface area contributed by atoms with Gasteiger partial charge in [0.1, 0.15) is 0 Å². The van der Waals surface area contributed by atoms with Gasteiger partial charge in [0.15, 0.2) is 0 Å². The van der Waals surface area contributed by atoms with Crippen LogP contribution in [0.25, 0.3) is 0 Å². The Morgan fingerprint density at radius 3 is 2.44 bits per heavy atom. The molecule has 0 heterocycles. The highest BCUT2D eigenvalue weighted by atomic mass is 32.2. The van der Waals surface area contributed by atoms with Crippen LogP contribution in [-0.2, 0) is 10.0 Å². The predicted molar refractivity (Wildman–Crippen MR) is 73.7 cm³/mol. The summed E-state index contributed by atoms with van der Waals surface area (Å²) in [6, 6.07) is 6.69. The fourth-order valence-corrected chi connectivity index (χ4v) is 3.01. The third-order valence-corrected chi connectivity index (χ3v) is 5.16. The summed E-state index contributed by atoms with van der Waals surface area (Å²) in [5.74, 6) is 0. The van der Waals surface area contributed by atoms with E-state index in [2.05, 4.69) is 0 Å². The van der Waals surface area contributed by atoms with Crippen molar-refractivity contribution in [1.82, 2.24) is 4.31 Å². The van der Waals surface area contributed by atoms with E-state index in [9.17, 15) is 8.42 Å². The van der Waals surface area contributed by atoms with Crippen LogP contribution in [0.1, 0.15) is 38.8 Å². The predicted octanol–water partition coefficient (Wildman–Crippen LogP) is 2.13. The maximum atomic E-state index is 12.3. The van der Waals surface area contributed by atoms with Crippen LogP contribution >= 0.6 is 0 Å². The van der Waals surface area contributed by atoms with E-state index in [1.165, 1.54) is 4.31 Å². The Labute approximate surface area is 110 Å². The van der Waals surface area contributed by atoms with Gasteiger partial charge in [-0.1, -0.05) is 19.1 Å². The van der Waals surface area contributed by atoms with Crippen molar-refractivity contribution in [1.29, 1.82) is 0 Å². The minimum absolute atomic E-state index is 0.0708. The van der Waals surface area contributed by atoms with Crippen molar-refractivity contribution in [3.05, 3.63) is 29.8 Å². The molecule has 0 fully saturated rings. The molecule has 0 aliphatic carbocycles. The van der Waals surface area contributed by atoms with Crippen molar-refractivity contribution in [2.24, 2.45) is 5.73 Å². The Kier molecular flexibility index (Phi) is 4.90. The number of nitrogens with two attached hydrogens (primary N) is 1. The van der Waals surface area contributed by atoms with Crippen LogP contribution in [-0.4, -0.2) is 25.8 Å². The molecule has 102 valence electrons. The number of rotatable bonds is 5. The summed E-state index contributed by atoms with van der Waals surface area (Å²) in [5.41, 5.74) is 6.79. The number of hydrogen-bond donors (Lipinski definition) is 1. The third-order valence-electron chi connectivity index (χ3n) is 3.13. The highest BCUT2D eigenvalue weighted by molar-refractivity contribution is 7.89. The third kappa shape index (κ3) is 3.10. The first-order chi connectivity index (χ1) is 8.30. The second kappa shape index (κ2) is 5.82. The first-order valence-corrected chi connectivity index (χ1v) is 7.58. The van der Waals surface area contributed by atoms with Crippen LogP contribution in [0, 0.1) is 0 Å². The summed E-state index contributed by atoms with van der Waals surface area (Å²) >= 11 is 0. The topological polar surface area (TPSA) is 63.4 Å². The van der Waals surface area contributed by atoms with Gasteiger partial charge in [0, 0.05) is 19.1 Å². The Bertz CT molecular complexity index is 497. The number of nitrogens with zero attached hydrogens (tertiary/aromatic N) is 1. The van der Waals surface area contributed by atoms with Gasteiger partial charge in [0.05, 0.1) is 4.90 Å². The highest BCUT2D eigenvalue weighted by Gasteiger charge is 2.23. The second-order valence-electron chi connectivity index (χ2n) is 4.70. The fraction of sp³-hybridized carbons (Fsp3) is 0.538. The molecule has 1 aromatic rings. The second-order valence-corrected chi connectivity index (χ2v) is 6.70. The van der Waals surface area contributed by atoms with E-state index >= 15 is 0 Å². The molecule has 1 aromatic carbocycles. The monoisotopic (exact) mass is 270 g/mol. The summed E-state index contributed by atoms with van der Waals surface area (Å²) in [4.78, 5) is 0.306. The lowest BCUT2D eigenvalue weighted by Gasteiger charge is -2.21. The molecule has 0 radical (unpaired) electrons. The quantitative estimate of drug-likeness (QED) is 0.891. The van der Waals surface area contributed by atoms with E-state index in [0.717, 1.165) is 12.0 Å². The van der Waals surface area contributed by atoms with Gasteiger partial charge in [-0.2, -0.15) is 4.31 Å². The molecule has 1 rings (SSSR count). The van der Waals surface area contributed by atoms with Crippen molar-refractivity contribution >= 4 is 10.0 Å². The molecule has 1 unspecified atom stereocenters. The van der Waals surface area contributed by atoms with E-state index in [-0.39, 0.29) is 12.1 Å². The molecule has 18 heavy (non-hydrogen) atoms. The van der Waals surface area contributed by atoms with Gasteiger partial charge in [0.2, 0.25) is 10.0 Å². The standard InChI is InChI=1S/C13H22N2O2S/c1-5-13(14)11-7-6-8-12(9-11)18(16,17)15(4)10(2)3/h6-10,13H,5,14H2,1-4H3. The fourth-order valence-electron chi connectivity index (χ4n) is 1.59. The molecule has 0 aliphatic rings. The molecule has 0 amide bonds. The molecule has 0 spiro atoms. The summed E-state index contributed by atoms with van der Waals surface area (Å²) < 4.78 is 26.0. The van der Waals surface area contributed by atoms with Gasteiger partial charge in [-0.25, -0.2) is 8.42 Å². The zero-order chi connectivity index (χ0) is 13.9. The summed E-state index contributed by atoms with van der Waals surface area (Å²) in [6.45, 7) is 5.67. The van der Waals surface area contributed by atoms with Gasteiger partial charge in [-0.3, -0.25) is 0 Å². The van der Waals surface area contributed by atoms with Crippen LogP contribution in [0.5, 0.6) is 0 Å². The number of sulfonamides is 1. The first kappa shape index (κ1) is 15.1. The van der Waals surface area contributed by atoms with Gasteiger partial charge >= 0.3 is 0 Å². The number of hydrogen-bond acceptors (Lipinski definition) is 3. The Morgan fingerprint density at radius 2 is 1.94 bits per heavy atom. The molecule has 1 atom stereocenters. The summed E-state index contributed by atoms with van der Waals surface area (Å²) in [6.07, 6.45) is 0.781. The maximum absolute atomic E-state index is 12.3. The van der Waals surface area contributed by atoms with Crippen LogP contribution in [0.3, 0.4) is 0 Å². The largest absolute Gasteiger partial charge is 0.324 e. The summed E-state index contributed by atoms with van der Waals surface area (Å²) in [5, 5.41) is 0. The Hall–Kier alpha value is -0.910. The molecule has 0 saturated carbocycles. The highest BCUT2D eigenvalue weighted by Crippen LogP contribution is 2.21. The van der Waals surface area contributed by atoms with Crippen molar-refractivity contribution in [2.75, 3.05) is 7.05 Å². The molecule has 2 N–H and O–H groups in total. The summed E-state index contributed by atoms with van der Waals surface area (Å²) in [7, 11) is -1.83. The van der Waals surface area contributed by atoms with Gasteiger partial charge < -0.3 is 5.73 Å². The van der Waals surface area contributed by atoms with E-state index in [1.807, 2.05) is 26.8 Å². The van der Waals surface area contributed by atoms with Crippen molar-refractivity contribution < 1.29 is 8.42 Å². The molecule has 4 nitrogen and oxygen atoms in total. The Balaban J connectivity index is 3.18. The molecular formula is C13H22N2O2S. The van der Waals surface area contributed by atoms with Crippen LogP contribution < -0.4 is 5.73 Å². The normalized spacial score (nSPS) is 14.2. The van der Waals surface area contributed by atoms with Crippen LogP contribution in [0.15, 0.2) is 29.2 Å². The van der Waals surface area contributed by atoms with Crippen molar-refractivity contribution in [2.45, 2.75) is 44.2 Å². The van der Waals surface area contributed by atoms with E-state index in [4.69, 9.17) is 5.73 Å². The van der Waals surface area contributed by atoms with Gasteiger partial charge in [-0.15, -0.1) is 0 Å². The van der Waals surface area contributed by atoms with Gasteiger partial charge in [-0.05, 0) is 38.0 Å². The molecular weight excluding hydrogens is 248 g/mol. The minimum Gasteiger partial charge on any atom is -0.324 e. The first-order valence-electron chi connectivity index (χ1n) is 6.14. The molecule has 0 aromatic heterocycles. The lowest BCUT2D eigenvalue weighted by Crippen LogP contribution is -2.33. The maximum Gasteiger partial charge on any atom is 0.243 e. The lowest BCUT2D eigenvalue weighted by molar-refractivity contribution is 0.410. The molecule has 5 heteroatoms. The molecule has 0 bridgehead atoms. The average molecular weight is 270 g/mol. The molecule has 0 aliphatic heterocycles. The van der Waals surface area contributed by atoms with Crippen molar-refractivity contribution in [3.8, 4) is 0 Å². The van der Waals surface area contributed by atoms with E-state index in [0.29, 0.717) is 4.90 Å². The zero-order valence-electron chi connectivity index (χ0n) is 11.4. The van der Waals surface area contributed by atoms with Crippen LogP contribution in [0.2, 0.25) is 0 Å². The molecule has 0 saturated heterocycles.